The van der Waals surface area contributed by atoms with Crippen molar-refractivity contribution in [2.75, 3.05) is 0 Å². The Morgan fingerprint density at radius 1 is 1.18 bits per heavy atom. The number of hydrogen-bond acceptors (Lipinski definition) is 3. The van der Waals surface area contributed by atoms with Crippen LogP contribution in [0.25, 0.3) is 10.9 Å². The Morgan fingerprint density at radius 3 is 2.55 bits per heavy atom. The van der Waals surface area contributed by atoms with Crippen molar-refractivity contribution in [2.24, 2.45) is 5.16 Å². The second-order valence-corrected chi connectivity index (χ2v) is 5.34. The molecule has 0 fully saturated rings. The third kappa shape index (κ3) is 2.27. The number of carbonyl (C=O) groups excluding carboxylic acids is 1. The van der Waals surface area contributed by atoms with Crippen molar-refractivity contribution in [2.45, 2.75) is 6.92 Å². The second-order valence-electron chi connectivity index (χ2n) is 4.91. The van der Waals surface area contributed by atoms with Gasteiger partial charge in [-0.1, -0.05) is 35.0 Å². The lowest BCUT2D eigenvalue weighted by atomic mass is 10.1. The van der Waals surface area contributed by atoms with Crippen LogP contribution < -0.4 is 0 Å². The highest BCUT2D eigenvalue weighted by Gasteiger charge is 2.18. The molecule has 0 unspecified atom stereocenters. The van der Waals surface area contributed by atoms with Crippen LogP contribution in [0.2, 0.25) is 5.02 Å². The lowest BCUT2D eigenvalue weighted by molar-refractivity contribution is 0.0963. The molecule has 1 N–H and O–H groups in total. The van der Waals surface area contributed by atoms with Crippen molar-refractivity contribution in [3.05, 3.63) is 70.4 Å². The van der Waals surface area contributed by atoms with Crippen LogP contribution in [0.4, 0.5) is 0 Å². The van der Waals surface area contributed by atoms with Crippen LogP contribution in [0, 0.1) is 6.92 Å². The minimum absolute atomic E-state index is 0.150. The number of nitrogens with zero attached hydrogens (tertiary/aromatic N) is 2. The summed E-state index contributed by atoms with van der Waals surface area (Å²) in [5.41, 5.74) is 2.76. The number of aromatic nitrogens is 1. The van der Waals surface area contributed by atoms with Crippen LogP contribution in [0.1, 0.15) is 21.6 Å². The standard InChI is InChI=1S/C17H13ClN2O2/c1-11-15(10-19-22)14-4-2-3-5-16(14)20(11)17(21)12-6-8-13(18)9-7-12/h2-10,22H,1H3. The van der Waals surface area contributed by atoms with E-state index in [9.17, 15) is 4.79 Å². The molecule has 0 bridgehead atoms. The summed E-state index contributed by atoms with van der Waals surface area (Å²) in [4.78, 5) is 12.8. The normalized spacial score (nSPS) is 11.4. The number of fused-ring (bicyclic) bond motifs is 1. The van der Waals surface area contributed by atoms with E-state index in [1.807, 2.05) is 31.2 Å². The van der Waals surface area contributed by atoms with Gasteiger partial charge in [0.1, 0.15) is 0 Å². The molecule has 1 heterocycles. The molecule has 3 rings (SSSR count). The maximum absolute atomic E-state index is 12.8. The van der Waals surface area contributed by atoms with Crippen LogP contribution in [0.15, 0.2) is 53.7 Å². The molecule has 0 aliphatic carbocycles. The molecule has 0 amide bonds. The van der Waals surface area contributed by atoms with Gasteiger partial charge in [-0.05, 0) is 37.3 Å². The zero-order chi connectivity index (χ0) is 15.7. The van der Waals surface area contributed by atoms with Gasteiger partial charge in [-0.3, -0.25) is 9.36 Å². The van der Waals surface area contributed by atoms with E-state index in [4.69, 9.17) is 16.8 Å². The summed E-state index contributed by atoms with van der Waals surface area (Å²) in [5, 5.41) is 13.4. The van der Waals surface area contributed by atoms with Crippen molar-refractivity contribution < 1.29 is 10.0 Å². The van der Waals surface area contributed by atoms with E-state index in [1.165, 1.54) is 6.21 Å². The molecule has 0 saturated heterocycles. The summed E-state index contributed by atoms with van der Waals surface area (Å²) >= 11 is 5.87. The fourth-order valence-electron chi connectivity index (χ4n) is 2.60. The van der Waals surface area contributed by atoms with E-state index in [1.54, 1.807) is 28.8 Å². The lowest BCUT2D eigenvalue weighted by Gasteiger charge is -2.07. The molecule has 110 valence electrons. The predicted molar refractivity (Wildman–Crippen MR) is 87.2 cm³/mol. The van der Waals surface area contributed by atoms with E-state index in [2.05, 4.69) is 5.16 Å². The molecule has 0 radical (unpaired) electrons. The first-order chi connectivity index (χ1) is 10.6. The average Bonchev–Trinajstić information content (AvgIpc) is 2.80. The molecular weight excluding hydrogens is 300 g/mol. The first kappa shape index (κ1) is 14.4. The molecule has 0 aliphatic heterocycles. The van der Waals surface area contributed by atoms with Crippen molar-refractivity contribution in [1.82, 2.24) is 4.57 Å². The van der Waals surface area contributed by atoms with E-state index in [-0.39, 0.29) is 5.91 Å². The summed E-state index contributed by atoms with van der Waals surface area (Å²) in [6, 6.07) is 14.3. The smallest absolute Gasteiger partial charge is 0.262 e. The fourth-order valence-corrected chi connectivity index (χ4v) is 2.72. The maximum Gasteiger partial charge on any atom is 0.262 e. The van der Waals surface area contributed by atoms with Crippen molar-refractivity contribution in [3.63, 3.8) is 0 Å². The molecule has 1 aromatic heterocycles. The van der Waals surface area contributed by atoms with E-state index in [0.29, 0.717) is 10.6 Å². The van der Waals surface area contributed by atoms with Crippen LogP contribution in [-0.2, 0) is 0 Å². The Morgan fingerprint density at radius 2 is 1.86 bits per heavy atom. The number of rotatable bonds is 2. The van der Waals surface area contributed by atoms with Gasteiger partial charge in [0.2, 0.25) is 0 Å². The molecule has 2 aromatic carbocycles. The Balaban J connectivity index is 2.24. The topological polar surface area (TPSA) is 54.6 Å². The number of oxime groups is 1. The monoisotopic (exact) mass is 312 g/mol. The van der Waals surface area contributed by atoms with Gasteiger partial charge < -0.3 is 5.21 Å². The van der Waals surface area contributed by atoms with Crippen LogP contribution in [0.3, 0.4) is 0 Å². The first-order valence-corrected chi connectivity index (χ1v) is 7.09. The molecule has 4 nitrogen and oxygen atoms in total. The van der Waals surface area contributed by atoms with Crippen LogP contribution in [-0.4, -0.2) is 21.9 Å². The number of hydrogen-bond donors (Lipinski definition) is 1. The summed E-state index contributed by atoms with van der Waals surface area (Å²) in [6.45, 7) is 1.82. The molecular formula is C17H13ClN2O2. The zero-order valence-electron chi connectivity index (χ0n) is 11.8. The molecule has 0 saturated carbocycles. The molecule has 0 spiro atoms. The van der Waals surface area contributed by atoms with Gasteiger partial charge in [0.25, 0.3) is 5.91 Å². The van der Waals surface area contributed by atoms with Crippen LogP contribution >= 0.6 is 11.6 Å². The SMILES string of the molecule is Cc1c(C=NO)c2ccccc2n1C(=O)c1ccc(Cl)cc1. The number of benzene rings is 2. The summed E-state index contributed by atoms with van der Waals surface area (Å²) < 4.78 is 1.62. The van der Waals surface area contributed by atoms with E-state index >= 15 is 0 Å². The van der Waals surface area contributed by atoms with Gasteiger partial charge >= 0.3 is 0 Å². The van der Waals surface area contributed by atoms with Gasteiger partial charge in [0, 0.05) is 27.2 Å². The average molecular weight is 313 g/mol. The molecule has 5 heteroatoms. The molecule has 3 aromatic rings. The minimum atomic E-state index is -0.150. The Kier molecular flexibility index (Phi) is 3.69. The largest absolute Gasteiger partial charge is 0.411 e. The predicted octanol–water partition coefficient (Wildman–Crippen LogP) is 4.10. The highest BCUT2D eigenvalue weighted by molar-refractivity contribution is 6.30. The van der Waals surface area contributed by atoms with E-state index < -0.39 is 0 Å². The Bertz CT molecular complexity index is 880. The third-order valence-corrected chi connectivity index (χ3v) is 3.89. The van der Waals surface area contributed by atoms with Crippen molar-refractivity contribution in [1.29, 1.82) is 0 Å². The summed E-state index contributed by atoms with van der Waals surface area (Å²) in [7, 11) is 0. The number of carbonyl (C=O) groups is 1. The summed E-state index contributed by atoms with van der Waals surface area (Å²) in [5.74, 6) is -0.150. The molecule has 0 aliphatic rings. The van der Waals surface area contributed by atoms with Crippen LogP contribution in [0.5, 0.6) is 0 Å². The Hall–Kier alpha value is -2.59. The Labute approximate surface area is 132 Å². The summed E-state index contributed by atoms with van der Waals surface area (Å²) in [6.07, 6.45) is 1.35. The van der Waals surface area contributed by atoms with E-state index in [0.717, 1.165) is 22.2 Å². The molecule has 0 atom stereocenters. The highest BCUT2D eigenvalue weighted by atomic mass is 35.5. The second kappa shape index (κ2) is 5.66. The van der Waals surface area contributed by atoms with Gasteiger partial charge in [-0.2, -0.15) is 0 Å². The lowest BCUT2D eigenvalue weighted by Crippen LogP contribution is -2.13. The quantitative estimate of drug-likeness (QED) is 0.440. The van der Waals surface area contributed by atoms with Gasteiger partial charge in [-0.15, -0.1) is 0 Å². The first-order valence-electron chi connectivity index (χ1n) is 6.71. The van der Waals surface area contributed by atoms with Gasteiger partial charge in [-0.25, -0.2) is 0 Å². The number of para-hydroxylation sites is 1. The zero-order valence-corrected chi connectivity index (χ0v) is 12.6. The highest BCUT2D eigenvalue weighted by Crippen LogP contribution is 2.25. The van der Waals surface area contributed by atoms with Gasteiger partial charge in [0.05, 0.1) is 11.7 Å². The fraction of sp³-hybridized carbons (Fsp3) is 0.0588. The number of halogens is 1. The van der Waals surface area contributed by atoms with Crippen molar-refractivity contribution >= 4 is 34.6 Å². The minimum Gasteiger partial charge on any atom is -0.411 e. The maximum atomic E-state index is 12.8. The van der Waals surface area contributed by atoms with Gasteiger partial charge in [0.15, 0.2) is 0 Å². The third-order valence-electron chi connectivity index (χ3n) is 3.64. The van der Waals surface area contributed by atoms with Crippen molar-refractivity contribution in [3.8, 4) is 0 Å². The molecule has 22 heavy (non-hydrogen) atoms.